The van der Waals surface area contributed by atoms with Crippen LogP contribution in [0.3, 0.4) is 0 Å². The van der Waals surface area contributed by atoms with Gasteiger partial charge in [-0.15, -0.1) is 6.42 Å². The summed E-state index contributed by atoms with van der Waals surface area (Å²) in [5.74, 6) is 3.57. The van der Waals surface area contributed by atoms with Crippen molar-refractivity contribution in [3.63, 3.8) is 0 Å². The number of carbonyl (C=O) groups is 1. The maximum Gasteiger partial charge on any atom is 0.252 e. The van der Waals surface area contributed by atoms with Crippen molar-refractivity contribution in [3.05, 3.63) is 23.8 Å². The number of rotatable bonds is 3. The molecule has 0 spiro atoms. The van der Waals surface area contributed by atoms with Gasteiger partial charge in [0.15, 0.2) is 11.5 Å². The van der Waals surface area contributed by atoms with E-state index in [4.69, 9.17) is 20.6 Å². The predicted octanol–water partition coefficient (Wildman–Crippen LogP) is 1.33. The van der Waals surface area contributed by atoms with Gasteiger partial charge in [-0.05, 0) is 31.0 Å². The third-order valence-electron chi connectivity index (χ3n) is 3.44. The molecule has 1 N–H and O–H groups in total. The summed E-state index contributed by atoms with van der Waals surface area (Å²) in [6.07, 6.45) is 7.23. The van der Waals surface area contributed by atoms with Crippen LogP contribution < -0.4 is 14.8 Å². The number of ether oxygens (including phenoxy) is 3. The minimum atomic E-state index is -0.407. The molecule has 2 heterocycles. The highest BCUT2D eigenvalue weighted by molar-refractivity contribution is 5.95. The van der Waals surface area contributed by atoms with Crippen LogP contribution in [0, 0.1) is 12.3 Å². The van der Waals surface area contributed by atoms with Gasteiger partial charge in [0, 0.05) is 12.2 Å². The van der Waals surface area contributed by atoms with Crippen molar-refractivity contribution in [1.29, 1.82) is 0 Å². The molecule has 0 bridgehead atoms. The van der Waals surface area contributed by atoms with E-state index in [0.717, 1.165) is 12.8 Å². The molecule has 0 aliphatic carbocycles. The lowest BCUT2D eigenvalue weighted by molar-refractivity contribution is 0.0776. The smallest absolute Gasteiger partial charge is 0.252 e. The van der Waals surface area contributed by atoms with Crippen LogP contribution in [0.5, 0.6) is 11.5 Å². The highest BCUT2D eigenvalue weighted by atomic mass is 16.7. The molecule has 2 atom stereocenters. The lowest BCUT2D eigenvalue weighted by Crippen LogP contribution is -2.42. The minimum absolute atomic E-state index is 0.0991. The highest BCUT2D eigenvalue weighted by Gasteiger charge is 2.26. The second kappa shape index (κ2) is 5.43. The first-order chi connectivity index (χ1) is 9.78. The molecule has 2 aliphatic heterocycles. The first-order valence-corrected chi connectivity index (χ1v) is 6.56. The SMILES string of the molecule is C#CC(NC(=O)c1ccc2c(c1)OCO2)C1CCCO1. The Morgan fingerprint density at radius 1 is 1.40 bits per heavy atom. The monoisotopic (exact) mass is 273 g/mol. The normalized spacial score (nSPS) is 21.2. The third kappa shape index (κ3) is 2.43. The Kier molecular flexibility index (Phi) is 3.48. The van der Waals surface area contributed by atoms with Gasteiger partial charge < -0.3 is 19.5 Å². The van der Waals surface area contributed by atoms with E-state index in [9.17, 15) is 4.79 Å². The number of terminal acetylenes is 1. The van der Waals surface area contributed by atoms with Gasteiger partial charge in [0.05, 0.1) is 6.10 Å². The fourth-order valence-corrected chi connectivity index (χ4v) is 2.37. The minimum Gasteiger partial charge on any atom is -0.454 e. The molecule has 1 fully saturated rings. The number of carbonyl (C=O) groups excluding carboxylic acids is 1. The first kappa shape index (κ1) is 12.8. The zero-order chi connectivity index (χ0) is 13.9. The Morgan fingerprint density at radius 2 is 2.25 bits per heavy atom. The molecule has 1 aromatic rings. The van der Waals surface area contributed by atoms with Crippen molar-refractivity contribution < 1.29 is 19.0 Å². The molecule has 1 aromatic carbocycles. The van der Waals surface area contributed by atoms with Crippen LogP contribution >= 0.6 is 0 Å². The van der Waals surface area contributed by atoms with E-state index >= 15 is 0 Å². The van der Waals surface area contributed by atoms with Gasteiger partial charge in [0.2, 0.25) is 6.79 Å². The summed E-state index contributed by atoms with van der Waals surface area (Å²) in [7, 11) is 0. The van der Waals surface area contributed by atoms with E-state index in [1.807, 2.05) is 0 Å². The fraction of sp³-hybridized carbons (Fsp3) is 0.400. The van der Waals surface area contributed by atoms with Crippen LogP contribution in [0.15, 0.2) is 18.2 Å². The number of amides is 1. The van der Waals surface area contributed by atoms with E-state index in [1.165, 1.54) is 0 Å². The zero-order valence-electron chi connectivity index (χ0n) is 10.9. The van der Waals surface area contributed by atoms with Crippen LogP contribution in [0.1, 0.15) is 23.2 Å². The molecular weight excluding hydrogens is 258 g/mol. The molecule has 5 nitrogen and oxygen atoms in total. The molecular formula is C15H15NO4. The van der Waals surface area contributed by atoms with Gasteiger partial charge in [-0.2, -0.15) is 0 Å². The Hall–Kier alpha value is -2.19. The summed E-state index contributed by atoms with van der Waals surface area (Å²) in [6.45, 7) is 0.881. The Labute approximate surface area is 117 Å². The second-order valence-corrected chi connectivity index (χ2v) is 4.74. The first-order valence-electron chi connectivity index (χ1n) is 6.56. The lowest BCUT2D eigenvalue weighted by Gasteiger charge is -2.19. The fourth-order valence-electron chi connectivity index (χ4n) is 2.37. The number of fused-ring (bicyclic) bond motifs is 1. The molecule has 104 valence electrons. The van der Waals surface area contributed by atoms with Crippen LogP contribution in [0.2, 0.25) is 0 Å². The summed E-state index contributed by atoms with van der Waals surface area (Å²) in [6, 6.07) is 4.65. The van der Waals surface area contributed by atoms with Crippen molar-refractivity contribution in [2.45, 2.75) is 25.0 Å². The van der Waals surface area contributed by atoms with Gasteiger partial charge in [0.1, 0.15) is 6.04 Å². The largest absolute Gasteiger partial charge is 0.454 e. The lowest BCUT2D eigenvalue weighted by atomic mass is 10.1. The molecule has 0 saturated carbocycles. The van der Waals surface area contributed by atoms with Crippen molar-refractivity contribution in [1.82, 2.24) is 5.32 Å². The van der Waals surface area contributed by atoms with Gasteiger partial charge in [-0.25, -0.2) is 0 Å². The maximum atomic E-state index is 12.2. The zero-order valence-corrected chi connectivity index (χ0v) is 10.9. The standard InChI is InChI=1S/C15H15NO4/c1-2-11(12-4-3-7-18-12)16-15(17)10-5-6-13-14(8-10)20-9-19-13/h1,5-6,8,11-12H,3-4,7,9H2,(H,16,17). The van der Waals surface area contributed by atoms with Crippen LogP contribution in [-0.2, 0) is 4.74 Å². The van der Waals surface area contributed by atoms with Crippen LogP contribution in [0.4, 0.5) is 0 Å². The summed E-state index contributed by atoms with van der Waals surface area (Å²) < 4.78 is 16.0. The van der Waals surface area contributed by atoms with Crippen LogP contribution in [-0.4, -0.2) is 31.5 Å². The Bertz CT molecular complexity index is 557. The van der Waals surface area contributed by atoms with E-state index in [-0.39, 0.29) is 18.8 Å². The topological polar surface area (TPSA) is 56.8 Å². The summed E-state index contributed by atoms with van der Waals surface area (Å²) >= 11 is 0. The molecule has 20 heavy (non-hydrogen) atoms. The van der Waals surface area contributed by atoms with Crippen molar-refractivity contribution in [2.75, 3.05) is 13.4 Å². The van der Waals surface area contributed by atoms with Crippen molar-refractivity contribution in [2.24, 2.45) is 0 Å². The molecule has 1 saturated heterocycles. The van der Waals surface area contributed by atoms with Gasteiger partial charge in [-0.1, -0.05) is 5.92 Å². The predicted molar refractivity (Wildman–Crippen MR) is 71.6 cm³/mol. The number of benzene rings is 1. The maximum absolute atomic E-state index is 12.2. The van der Waals surface area contributed by atoms with E-state index < -0.39 is 6.04 Å². The number of nitrogens with one attached hydrogen (secondary N) is 1. The molecule has 1 amide bonds. The van der Waals surface area contributed by atoms with Crippen LogP contribution in [0.25, 0.3) is 0 Å². The quantitative estimate of drug-likeness (QED) is 0.844. The molecule has 0 aromatic heterocycles. The molecule has 2 unspecified atom stereocenters. The van der Waals surface area contributed by atoms with Crippen molar-refractivity contribution >= 4 is 5.91 Å². The Balaban J connectivity index is 1.70. The van der Waals surface area contributed by atoms with Gasteiger partial charge >= 0.3 is 0 Å². The molecule has 0 radical (unpaired) electrons. The summed E-state index contributed by atoms with van der Waals surface area (Å²) in [5.41, 5.74) is 0.493. The molecule has 5 heteroatoms. The van der Waals surface area contributed by atoms with E-state index in [1.54, 1.807) is 18.2 Å². The van der Waals surface area contributed by atoms with Crippen molar-refractivity contribution in [3.8, 4) is 23.8 Å². The molecule has 3 rings (SSSR count). The Morgan fingerprint density at radius 3 is 3.00 bits per heavy atom. The third-order valence-corrected chi connectivity index (χ3v) is 3.44. The average Bonchev–Trinajstić information content (AvgIpc) is 3.14. The number of hydrogen-bond acceptors (Lipinski definition) is 4. The average molecular weight is 273 g/mol. The van der Waals surface area contributed by atoms with E-state index in [2.05, 4.69) is 11.2 Å². The second-order valence-electron chi connectivity index (χ2n) is 4.74. The van der Waals surface area contributed by atoms with E-state index in [0.29, 0.717) is 23.7 Å². The highest BCUT2D eigenvalue weighted by Crippen LogP contribution is 2.32. The van der Waals surface area contributed by atoms with Gasteiger partial charge in [-0.3, -0.25) is 4.79 Å². The summed E-state index contributed by atoms with van der Waals surface area (Å²) in [5, 5.41) is 2.82. The summed E-state index contributed by atoms with van der Waals surface area (Å²) in [4.78, 5) is 12.2. The van der Waals surface area contributed by atoms with Gasteiger partial charge in [0.25, 0.3) is 5.91 Å². The molecule has 2 aliphatic rings. The number of hydrogen-bond donors (Lipinski definition) is 1.